The predicted octanol–water partition coefficient (Wildman–Crippen LogP) is 13.7. The Bertz CT molecular complexity index is 2490. The highest BCUT2D eigenvalue weighted by atomic mass is 19.4. The Morgan fingerprint density at radius 2 is 1.18 bits per heavy atom. The molecule has 0 bridgehead atoms. The van der Waals surface area contributed by atoms with Gasteiger partial charge in [-0.3, -0.25) is 0 Å². The average Bonchev–Trinajstić information content (AvgIpc) is 3.72. The molecule has 0 spiro atoms. The van der Waals surface area contributed by atoms with Gasteiger partial charge in [-0.05, 0) is 87.2 Å². The number of benzene rings is 6. The summed E-state index contributed by atoms with van der Waals surface area (Å²) < 4.78 is 52.6. The van der Waals surface area contributed by atoms with Crippen LogP contribution in [0.15, 0.2) is 130 Å². The lowest BCUT2D eigenvalue weighted by atomic mass is 9.82. The molecule has 2 heterocycles. The van der Waals surface area contributed by atoms with E-state index in [0.29, 0.717) is 22.6 Å². The van der Waals surface area contributed by atoms with Gasteiger partial charge in [-0.15, -0.1) is 0 Å². The second-order valence-electron chi connectivity index (χ2n) is 13.4. The molecule has 0 fully saturated rings. The van der Waals surface area contributed by atoms with Crippen molar-refractivity contribution in [3.8, 4) is 44.8 Å². The van der Waals surface area contributed by atoms with Crippen LogP contribution in [-0.2, 0) is 6.18 Å². The number of oxazole rings is 1. The minimum absolute atomic E-state index is 0.264. The van der Waals surface area contributed by atoms with Gasteiger partial charge in [0.25, 0.3) is 0 Å². The Morgan fingerprint density at radius 3 is 1.86 bits per heavy atom. The lowest BCUT2D eigenvalue weighted by Gasteiger charge is -2.22. The number of para-hydroxylation sites is 2. The molecule has 0 N–H and O–H groups in total. The van der Waals surface area contributed by atoms with Crippen molar-refractivity contribution < 1.29 is 22.0 Å². The monoisotopic (exact) mass is 665 g/mol. The normalized spacial score (nSPS) is 12.3. The van der Waals surface area contributed by atoms with Crippen molar-refractivity contribution in [3.63, 3.8) is 0 Å². The van der Waals surface area contributed by atoms with E-state index in [2.05, 4.69) is 70.2 Å². The van der Waals surface area contributed by atoms with Crippen LogP contribution in [0.1, 0.15) is 56.2 Å². The first-order chi connectivity index (χ1) is 24.1. The fourth-order valence-corrected chi connectivity index (χ4v) is 6.97. The summed E-state index contributed by atoms with van der Waals surface area (Å²) in [7, 11) is 0. The number of alkyl halides is 3. The van der Waals surface area contributed by atoms with Gasteiger partial charge in [0, 0.05) is 16.3 Å². The summed E-state index contributed by atoms with van der Waals surface area (Å²) in [4.78, 5) is 4.98. The Labute approximate surface area is 288 Å². The van der Waals surface area contributed by atoms with E-state index in [1.807, 2.05) is 54.6 Å². The Kier molecular flexibility index (Phi) is 7.63. The van der Waals surface area contributed by atoms with Crippen molar-refractivity contribution in [2.75, 3.05) is 0 Å². The van der Waals surface area contributed by atoms with E-state index in [1.165, 1.54) is 39.9 Å². The molecule has 3 nitrogen and oxygen atoms in total. The predicted molar refractivity (Wildman–Crippen MR) is 196 cm³/mol. The van der Waals surface area contributed by atoms with Gasteiger partial charge in [0.1, 0.15) is 16.7 Å². The van der Waals surface area contributed by atoms with Crippen LogP contribution in [0, 0.1) is 0 Å². The zero-order valence-electron chi connectivity index (χ0n) is 28.1. The summed E-state index contributed by atoms with van der Waals surface area (Å²) in [6.45, 7) is 8.92. The van der Waals surface area contributed by atoms with E-state index in [-0.39, 0.29) is 11.8 Å². The van der Waals surface area contributed by atoms with Crippen LogP contribution < -0.4 is 0 Å². The van der Waals surface area contributed by atoms with Gasteiger partial charge >= 0.3 is 6.18 Å². The number of nitrogens with zero attached hydrogens (tertiary/aromatic N) is 1. The second kappa shape index (κ2) is 12.1. The maximum absolute atomic E-state index is 13.1. The molecule has 0 radical (unpaired) electrons. The van der Waals surface area contributed by atoms with E-state index in [4.69, 9.17) is 13.8 Å². The molecule has 0 saturated heterocycles. The third kappa shape index (κ3) is 5.45. The van der Waals surface area contributed by atoms with Crippen molar-refractivity contribution in [1.82, 2.24) is 4.98 Å². The van der Waals surface area contributed by atoms with Crippen LogP contribution in [0.4, 0.5) is 13.2 Å². The molecule has 0 amide bonds. The van der Waals surface area contributed by atoms with E-state index in [1.54, 1.807) is 0 Å². The van der Waals surface area contributed by atoms with Crippen LogP contribution >= 0.6 is 0 Å². The highest BCUT2D eigenvalue weighted by molar-refractivity contribution is 6.10. The van der Waals surface area contributed by atoms with E-state index in [0.717, 1.165) is 50.7 Å². The fraction of sp³-hybridized carbons (Fsp3) is 0.159. The molecular weight excluding hydrogens is 631 g/mol. The second-order valence-corrected chi connectivity index (χ2v) is 13.4. The SMILES string of the molecule is CC(C)c1cc(-c2ccccc2)cc(C(C)C)c1-c1cccc2nc(-c3cccc4c3oc3cc(-c5ccc(C(F)(F)F)cc5)ccc34)oc12. The van der Waals surface area contributed by atoms with Crippen molar-refractivity contribution in [1.29, 1.82) is 0 Å². The van der Waals surface area contributed by atoms with Gasteiger partial charge in [-0.1, -0.05) is 113 Å². The molecule has 6 heteroatoms. The largest absolute Gasteiger partial charge is 0.455 e. The highest BCUT2D eigenvalue weighted by Gasteiger charge is 2.30. The lowest BCUT2D eigenvalue weighted by Crippen LogP contribution is -2.03. The van der Waals surface area contributed by atoms with Crippen molar-refractivity contribution in [2.24, 2.45) is 0 Å². The topological polar surface area (TPSA) is 39.2 Å². The molecule has 0 aliphatic carbocycles. The molecule has 6 aromatic carbocycles. The zero-order chi connectivity index (χ0) is 34.7. The van der Waals surface area contributed by atoms with E-state index in [9.17, 15) is 13.2 Å². The molecule has 0 aliphatic heterocycles. The van der Waals surface area contributed by atoms with Crippen molar-refractivity contribution >= 4 is 33.0 Å². The number of aromatic nitrogens is 1. The number of hydrogen-bond acceptors (Lipinski definition) is 3. The molecule has 8 rings (SSSR count). The molecular formula is C44H34F3NO2. The van der Waals surface area contributed by atoms with E-state index >= 15 is 0 Å². The summed E-state index contributed by atoms with van der Waals surface area (Å²) in [6.07, 6.45) is -4.39. The fourth-order valence-electron chi connectivity index (χ4n) is 6.97. The molecule has 248 valence electrons. The Balaban J connectivity index is 1.26. The summed E-state index contributed by atoms with van der Waals surface area (Å²) in [5.74, 6) is 0.985. The van der Waals surface area contributed by atoms with Gasteiger partial charge in [-0.2, -0.15) is 13.2 Å². The standard InChI is InChI=1S/C44H34F3NO2/c1-25(2)36-22-30(27-10-6-5-7-11-27)23-37(26(3)4)40(36)34-13-9-15-38-42(34)50-43(48-38)35-14-8-12-33-32-21-18-29(24-39(32)49-41(33)35)28-16-19-31(20-17-28)44(45,46)47/h5-26H,1-4H3. The quantitative estimate of drug-likeness (QED) is 0.177. The van der Waals surface area contributed by atoms with Gasteiger partial charge < -0.3 is 8.83 Å². The van der Waals surface area contributed by atoms with Crippen LogP contribution in [0.2, 0.25) is 0 Å². The highest BCUT2D eigenvalue weighted by Crippen LogP contribution is 2.44. The molecule has 2 aromatic heterocycles. The molecule has 0 unspecified atom stereocenters. The molecule has 50 heavy (non-hydrogen) atoms. The van der Waals surface area contributed by atoms with Gasteiger partial charge in [-0.25, -0.2) is 4.98 Å². The molecule has 0 aliphatic rings. The van der Waals surface area contributed by atoms with Crippen molar-refractivity contribution in [2.45, 2.75) is 45.7 Å². The molecule has 8 aromatic rings. The Hall–Kier alpha value is -5.62. The first kappa shape index (κ1) is 31.6. The summed E-state index contributed by atoms with van der Waals surface area (Å²) in [5, 5.41) is 1.80. The van der Waals surface area contributed by atoms with Gasteiger partial charge in [0.05, 0.1) is 11.1 Å². The molecule has 0 atom stereocenters. The summed E-state index contributed by atoms with van der Waals surface area (Å²) in [5.41, 5.74) is 11.3. The van der Waals surface area contributed by atoms with E-state index < -0.39 is 11.7 Å². The number of hydrogen-bond donors (Lipinski definition) is 0. The Morgan fingerprint density at radius 1 is 0.540 bits per heavy atom. The third-order valence-corrected chi connectivity index (χ3v) is 9.51. The summed E-state index contributed by atoms with van der Waals surface area (Å²) >= 11 is 0. The molecule has 0 saturated carbocycles. The lowest BCUT2D eigenvalue weighted by molar-refractivity contribution is -0.137. The van der Waals surface area contributed by atoms with Crippen LogP contribution in [0.3, 0.4) is 0 Å². The first-order valence-electron chi connectivity index (χ1n) is 16.8. The third-order valence-electron chi connectivity index (χ3n) is 9.51. The average molecular weight is 666 g/mol. The van der Waals surface area contributed by atoms with Gasteiger partial charge in [0.2, 0.25) is 5.89 Å². The maximum Gasteiger partial charge on any atom is 0.416 e. The number of rotatable bonds is 6. The number of furan rings is 1. The van der Waals surface area contributed by atoms with Gasteiger partial charge in [0.15, 0.2) is 5.58 Å². The maximum atomic E-state index is 13.1. The number of fused-ring (bicyclic) bond motifs is 4. The minimum atomic E-state index is -4.39. The zero-order valence-corrected chi connectivity index (χ0v) is 28.1. The van der Waals surface area contributed by atoms with Crippen LogP contribution in [-0.4, -0.2) is 4.98 Å². The first-order valence-corrected chi connectivity index (χ1v) is 16.8. The minimum Gasteiger partial charge on any atom is -0.455 e. The van der Waals surface area contributed by atoms with Crippen LogP contribution in [0.25, 0.3) is 77.9 Å². The van der Waals surface area contributed by atoms with Crippen LogP contribution in [0.5, 0.6) is 0 Å². The van der Waals surface area contributed by atoms with Crippen molar-refractivity contribution in [3.05, 3.63) is 138 Å². The number of halogens is 3. The smallest absolute Gasteiger partial charge is 0.416 e. The summed E-state index contributed by atoms with van der Waals surface area (Å²) in [6, 6.07) is 38.0.